The summed E-state index contributed by atoms with van der Waals surface area (Å²) in [4.78, 5) is 9.07. The van der Waals surface area contributed by atoms with Crippen molar-refractivity contribution in [2.24, 2.45) is 0 Å². The van der Waals surface area contributed by atoms with E-state index in [0.717, 1.165) is 41.4 Å². The van der Waals surface area contributed by atoms with Gasteiger partial charge in [0.05, 0.1) is 23.4 Å². The standard InChI is InChI=1S/C16H19ClN4O2S/c1-3-4-14-19-15(23-20-14)10-24-16-18-12-9-11(17)5-6-13(12)21(16)7-8-22-2/h5-6,9H,3-4,7-8,10H2,1-2H3. The van der Waals surface area contributed by atoms with Crippen LogP contribution in [0, 0.1) is 0 Å². The molecule has 6 nitrogen and oxygen atoms in total. The number of rotatable bonds is 8. The first-order chi connectivity index (χ1) is 11.7. The van der Waals surface area contributed by atoms with E-state index >= 15 is 0 Å². The Bertz CT molecular complexity index is 818. The van der Waals surface area contributed by atoms with Crippen molar-refractivity contribution >= 4 is 34.4 Å². The highest BCUT2D eigenvalue weighted by atomic mass is 35.5. The first kappa shape index (κ1) is 17.3. The molecule has 0 radical (unpaired) electrons. The Morgan fingerprint density at radius 2 is 2.21 bits per heavy atom. The molecule has 0 spiro atoms. The fourth-order valence-corrected chi connectivity index (χ4v) is 3.43. The van der Waals surface area contributed by atoms with Crippen molar-refractivity contribution in [1.82, 2.24) is 19.7 Å². The zero-order valence-corrected chi connectivity index (χ0v) is 15.2. The van der Waals surface area contributed by atoms with Crippen molar-refractivity contribution in [2.75, 3.05) is 13.7 Å². The van der Waals surface area contributed by atoms with E-state index in [9.17, 15) is 0 Å². The second kappa shape index (κ2) is 8.00. The van der Waals surface area contributed by atoms with Gasteiger partial charge in [0.2, 0.25) is 5.89 Å². The summed E-state index contributed by atoms with van der Waals surface area (Å²) in [7, 11) is 1.69. The first-order valence-electron chi connectivity index (χ1n) is 7.80. The zero-order valence-electron chi connectivity index (χ0n) is 13.7. The van der Waals surface area contributed by atoms with Gasteiger partial charge in [-0.15, -0.1) is 0 Å². The van der Waals surface area contributed by atoms with E-state index in [1.807, 2.05) is 18.2 Å². The maximum Gasteiger partial charge on any atom is 0.237 e. The molecule has 128 valence electrons. The van der Waals surface area contributed by atoms with Crippen LogP contribution in [0.25, 0.3) is 11.0 Å². The Morgan fingerprint density at radius 1 is 1.33 bits per heavy atom. The summed E-state index contributed by atoms with van der Waals surface area (Å²) < 4.78 is 12.6. The molecule has 0 amide bonds. The minimum absolute atomic E-state index is 0.584. The predicted molar refractivity (Wildman–Crippen MR) is 94.5 cm³/mol. The molecule has 3 rings (SSSR count). The molecule has 0 saturated carbocycles. The number of hydrogen-bond acceptors (Lipinski definition) is 6. The third-order valence-corrected chi connectivity index (χ3v) is 4.70. The van der Waals surface area contributed by atoms with Crippen molar-refractivity contribution in [3.8, 4) is 0 Å². The van der Waals surface area contributed by atoms with Gasteiger partial charge in [-0.1, -0.05) is 35.4 Å². The second-order valence-corrected chi connectivity index (χ2v) is 6.69. The van der Waals surface area contributed by atoms with E-state index < -0.39 is 0 Å². The quantitative estimate of drug-likeness (QED) is 0.562. The van der Waals surface area contributed by atoms with Gasteiger partial charge in [0, 0.05) is 25.1 Å². The van der Waals surface area contributed by atoms with Crippen LogP contribution >= 0.6 is 23.4 Å². The van der Waals surface area contributed by atoms with Crippen molar-refractivity contribution < 1.29 is 9.26 Å². The lowest BCUT2D eigenvalue weighted by atomic mass is 10.3. The molecular weight excluding hydrogens is 348 g/mol. The number of aryl methyl sites for hydroxylation is 1. The van der Waals surface area contributed by atoms with Crippen LogP contribution < -0.4 is 0 Å². The highest BCUT2D eigenvalue weighted by Crippen LogP contribution is 2.28. The molecule has 0 aliphatic heterocycles. The van der Waals surface area contributed by atoms with Gasteiger partial charge in [0.15, 0.2) is 11.0 Å². The van der Waals surface area contributed by atoms with E-state index in [0.29, 0.717) is 23.3 Å². The molecule has 0 saturated heterocycles. The summed E-state index contributed by atoms with van der Waals surface area (Å²) in [6.07, 6.45) is 1.83. The Kier molecular flexibility index (Phi) is 5.76. The summed E-state index contributed by atoms with van der Waals surface area (Å²) >= 11 is 7.65. The number of imidazole rings is 1. The molecule has 0 bridgehead atoms. The predicted octanol–water partition coefficient (Wildman–Crippen LogP) is 3.96. The van der Waals surface area contributed by atoms with Gasteiger partial charge in [0.25, 0.3) is 0 Å². The molecule has 3 aromatic rings. The van der Waals surface area contributed by atoms with Crippen molar-refractivity contribution in [1.29, 1.82) is 0 Å². The number of halogens is 1. The topological polar surface area (TPSA) is 66.0 Å². The fraction of sp³-hybridized carbons (Fsp3) is 0.438. The van der Waals surface area contributed by atoms with Gasteiger partial charge < -0.3 is 13.8 Å². The maximum atomic E-state index is 6.08. The molecule has 0 atom stereocenters. The van der Waals surface area contributed by atoms with Crippen molar-refractivity contribution in [2.45, 2.75) is 37.2 Å². The first-order valence-corrected chi connectivity index (χ1v) is 9.16. The normalized spacial score (nSPS) is 11.5. The van der Waals surface area contributed by atoms with Crippen LogP contribution in [-0.2, 0) is 23.5 Å². The largest absolute Gasteiger partial charge is 0.383 e. The highest BCUT2D eigenvalue weighted by Gasteiger charge is 2.14. The van der Waals surface area contributed by atoms with Gasteiger partial charge in [-0.05, 0) is 24.6 Å². The van der Waals surface area contributed by atoms with E-state index in [-0.39, 0.29) is 0 Å². The lowest BCUT2D eigenvalue weighted by Gasteiger charge is -2.07. The van der Waals surface area contributed by atoms with Gasteiger partial charge in [-0.2, -0.15) is 4.98 Å². The van der Waals surface area contributed by atoms with E-state index in [1.54, 1.807) is 18.9 Å². The molecule has 8 heteroatoms. The number of thioether (sulfide) groups is 1. The van der Waals surface area contributed by atoms with Gasteiger partial charge >= 0.3 is 0 Å². The van der Waals surface area contributed by atoms with Crippen LogP contribution in [0.1, 0.15) is 25.1 Å². The van der Waals surface area contributed by atoms with Crippen LogP contribution in [0.3, 0.4) is 0 Å². The molecular formula is C16H19ClN4O2S. The Balaban J connectivity index is 1.81. The van der Waals surface area contributed by atoms with Crippen LogP contribution in [0.5, 0.6) is 0 Å². The van der Waals surface area contributed by atoms with Gasteiger partial charge in [-0.3, -0.25) is 0 Å². The zero-order chi connectivity index (χ0) is 16.9. The third-order valence-electron chi connectivity index (χ3n) is 3.50. The molecule has 2 aromatic heterocycles. The van der Waals surface area contributed by atoms with E-state index in [1.165, 1.54) is 0 Å². The molecule has 24 heavy (non-hydrogen) atoms. The van der Waals surface area contributed by atoms with E-state index in [2.05, 4.69) is 26.6 Å². The van der Waals surface area contributed by atoms with Crippen LogP contribution in [0.15, 0.2) is 27.9 Å². The Labute approximate surface area is 149 Å². The fourth-order valence-electron chi connectivity index (χ4n) is 2.39. The maximum absolute atomic E-state index is 6.08. The number of benzene rings is 1. The summed E-state index contributed by atoms with van der Waals surface area (Å²) in [6, 6.07) is 5.73. The van der Waals surface area contributed by atoms with Crippen LogP contribution in [-0.4, -0.2) is 33.4 Å². The average Bonchev–Trinajstić information content (AvgIpc) is 3.15. The average molecular weight is 367 g/mol. The summed E-state index contributed by atoms with van der Waals surface area (Å²) in [5, 5.41) is 5.55. The lowest BCUT2D eigenvalue weighted by molar-refractivity contribution is 0.186. The summed E-state index contributed by atoms with van der Waals surface area (Å²) in [5.41, 5.74) is 1.91. The molecule has 2 heterocycles. The third kappa shape index (κ3) is 3.91. The monoisotopic (exact) mass is 366 g/mol. The minimum Gasteiger partial charge on any atom is -0.383 e. The van der Waals surface area contributed by atoms with Gasteiger partial charge in [0.1, 0.15) is 0 Å². The lowest BCUT2D eigenvalue weighted by Crippen LogP contribution is -2.05. The SMILES string of the molecule is CCCc1noc(CSc2nc3cc(Cl)ccc3n2CCOC)n1. The number of fused-ring (bicyclic) bond motifs is 1. The van der Waals surface area contributed by atoms with Crippen LogP contribution in [0.2, 0.25) is 5.02 Å². The number of methoxy groups -OCH3 is 1. The van der Waals surface area contributed by atoms with Crippen molar-refractivity contribution in [3.63, 3.8) is 0 Å². The number of hydrogen-bond donors (Lipinski definition) is 0. The van der Waals surface area contributed by atoms with E-state index in [4.69, 9.17) is 20.9 Å². The van der Waals surface area contributed by atoms with Gasteiger partial charge in [-0.25, -0.2) is 4.98 Å². The minimum atomic E-state index is 0.584. The Hall–Kier alpha value is -1.57. The molecule has 0 fully saturated rings. The molecule has 0 unspecified atom stereocenters. The molecule has 0 N–H and O–H groups in total. The Morgan fingerprint density at radius 3 is 3.00 bits per heavy atom. The molecule has 1 aromatic carbocycles. The summed E-state index contributed by atoms with van der Waals surface area (Å²) in [5.74, 6) is 1.96. The molecule has 0 aliphatic rings. The van der Waals surface area contributed by atoms with Crippen LogP contribution in [0.4, 0.5) is 0 Å². The smallest absolute Gasteiger partial charge is 0.237 e. The highest BCUT2D eigenvalue weighted by molar-refractivity contribution is 7.98. The number of ether oxygens (including phenoxy) is 1. The number of nitrogens with zero attached hydrogens (tertiary/aromatic N) is 4. The second-order valence-electron chi connectivity index (χ2n) is 5.31. The van der Waals surface area contributed by atoms with Crippen molar-refractivity contribution in [3.05, 3.63) is 34.9 Å². The summed E-state index contributed by atoms with van der Waals surface area (Å²) in [6.45, 7) is 3.43. The molecule has 0 aliphatic carbocycles. The number of aromatic nitrogens is 4.